The van der Waals surface area contributed by atoms with Crippen molar-refractivity contribution in [2.45, 2.75) is 13.8 Å². The fourth-order valence-corrected chi connectivity index (χ4v) is 1.79. The largest absolute Gasteiger partial charge is 0.493 e. The molecule has 0 saturated heterocycles. The van der Waals surface area contributed by atoms with Crippen LogP contribution in [0.3, 0.4) is 0 Å². The molecular weight excluding hydrogens is 214 g/mol. The minimum absolute atomic E-state index is 0.635. The maximum absolute atomic E-state index is 5.99. The number of rotatable bonds is 3. The highest BCUT2D eigenvalue weighted by molar-refractivity contribution is 5.78. The third-order valence-electron chi connectivity index (χ3n) is 2.71. The molecule has 0 aliphatic rings. The van der Waals surface area contributed by atoms with Crippen molar-refractivity contribution in [3.05, 3.63) is 30.0 Å². The maximum atomic E-state index is 5.99. The van der Waals surface area contributed by atoms with Crippen LogP contribution in [0, 0.1) is 6.92 Å². The molecule has 0 atom stereocenters. The van der Waals surface area contributed by atoms with Crippen LogP contribution in [-0.2, 0) is 7.05 Å². The fourth-order valence-electron chi connectivity index (χ4n) is 1.79. The molecule has 90 valence electrons. The van der Waals surface area contributed by atoms with Crippen LogP contribution >= 0.6 is 0 Å². The predicted molar refractivity (Wildman–Crippen MR) is 69.0 cm³/mol. The van der Waals surface area contributed by atoms with E-state index in [0.29, 0.717) is 12.4 Å². The highest BCUT2D eigenvalue weighted by Gasteiger charge is 2.12. The monoisotopic (exact) mass is 231 g/mol. The SMILES string of the molecule is CCOc1ccc(C)cc1-c1cnn(C)c1N. The summed E-state index contributed by atoms with van der Waals surface area (Å²) in [5.41, 5.74) is 9.08. The van der Waals surface area contributed by atoms with Crippen LogP contribution in [-0.4, -0.2) is 16.4 Å². The molecule has 0 unspecified atom stereocenters. The second-order valence-electron chi connectivity index (χ2n) is 4.00. The Morgan fingerprint density at radius 1 is 1.35 bits per heavy atom. The van der Waals surface area contributed by atoms with Crippen molar-refractivity contribution in [1.29, 1.82) is 0 Å². The second kappa shape index (κ2) is 4.49. The number of nitrogens with zero attached hydrogens (tertiary/aromatic N) is 2. The van der Waals surface area contributed by atoms with Crippen LogP contribution < -0.4 is 10.5 Å². The first-order valence-corrected chi connectivity index (χ1v) is 5.64. The van der Waals surface area contributed by atoms with Crippen molar-refractivity contribution in [2.24, 2.45) is 7.05 Å². The molecule has 0 spiro atoms. The lowest BCUT2D eigenvalue weighted by Crippen LogP contribution is -1.99. The van der Waals surface area contributed by atoms with Gasteiger partial charge in [0.25, 0.3) is 0 Å². The second-order valence-corrected chi connectivity index (χ2v) is 4.00. The normalized spacial score (nSPS) is 10.5. The minimum Gasteiger partial charge on any atom is -0.493 e. The lowest BCUT2D eigenvalue weighted by atomic mass is 10.0. The van der Waals surface area contributed by atoms with E-state index in [2.05, 4.69) is 11.2 Å². The van der Waals surface area contributed by atoms with Crippen LogP contribution in [0.5, 0.6) is 5.75 Å². The average Bonchev–Trinajstić information content (AvgIpc) is 2.63. The molecule has 0 radical (unpaired) electrons. The molecule has 1 aromatic heterocycles. The molecule has 0 saturated carbocycles. The van der Waals surface area contributed by atoms with Crippen LogP contribution in [0.4, 0.5) is 5.82 Å². The molecule has 0 aliphatic heterocycles. The van der Waals surface area contributed by atoms with Crippen molar-refractivity contribution < 1.29 is 4.74 Å². The Morgan fingerprint density at radius 2 is 2.12 bits per heavy atom. The molecule has 4 heteroatoms. The smallest absolute Gasteiger partial charge is 0.129 e. The average molecular weight is 231 g/mol. The molecule has 0 aliphatic carbocycles. The standard InChI is InChI=1S/C13H17N3O/c1-4-17-12-6-5-9(2)7-10(12)11-8-15-16(3)13(11)14/h5-8H,4,14H2,1-3H3. The van der Waals surface area contributed by atoms with E-state index in [1.807, 2.05) is 33.0 Å². The van der Waals surface area contributed by atoms with E-state index in [-0.39, 0.29) is 0 Å². The predicted octanol–water partition coefficient (Wildman–Crippen LogP) is 2.38. The molecule has 2 rings (SSSR count). The summed E-state index contributed by atoms with van der Waals surface area (Å²) in [4.78, 5) is 0. The molecule has 17 heavy (non-hydrogen) atoms. The molecule has 2 N–H and O–H groups in total. The topological polar surface area (TPSA) is 53.1 Å². The highest BCUT2D eigenvalue weighted by Crippen LogP contribution is 2.34. The van der Waals surface area contributed by atoms with Gasteiger partial charge in [-0.1, -0.05) is 11.6 Å². The Kier molecular flexibility index (Phi) is 3.04. The molecule has 1 aromatic carbocycles. The quantitative estimate of drug-likeness (QED) is 0.882. The van der Waals surface area contributed by atoms with E-state index in [9.17, 15) is 0 Å². The number of aryl methyl sites for hydroxylation is 2. The number of hydrogen-bond acceptors (Lipinski definition) is 3. The Balaban J connectivity index is 2.56. The number of ether oxygens (including phenoxy) is 1. The lowest BCUT2D eigenvalue weighted by molar-refractivity contribution is 0.341. The zero-order chi connectivity index (χ0) is 12.4. The van der Waals surface area contributed by atoms with Crippen molar-refractivity contribution in [1.82, 2.24) is 9.78 Å². The summed E-state index contributed by atoms with van der Waals surface area (Å²) in [5, 5.41) is 4.16. The molecule has 2 aromatic rings. The Morgan fingerprint density at radius 3 is 2.71 bits per heavy atom. The number of hydrogen-bond donors (Lipinski definition) is 1. The zero-order valence-electron chi connectivity index (χ0n) is 10.4. The van der Waals surface area contributed by atoms with E-state index in [1.54, 1.807) is 10.9 Å². The summed E-state index contributed by atoms with van der Waals surface area (Å²) < 4.78 is 7.28. The summed E-state index contributed by atoms with van der Waals surface area (Å²) in [6.45, 7) is 4.65. The van der Waals surface area contributed by atoms with Gasteiger partial charge in [-0.2, -0.15) is 5.10 Å². The van der Waals surface area contributed by atoms with Crippen molar-refractivity contribution in [3.8, 4) is 16.9 Å². The van der Waals surface area contributed by atoms with E-state index >= 15 is 0 Å². The van der Waals surface area contributed by atoms with Gasteiger partial charge in [-0.05, 0) is 26.0 Å². The van der Waals surface area contributed by atoms with E-state index in [0.717, 1.165) is 16.9 Å². The summed E-state index contributed by atoms with van der Waals surface area (Å²) in [6, 6.07) is 6.07. The van der Waals surface area contributed by atoms with Crippen molar-refractivity contribution in [3.63, 3.8) is 0 Å². The van der Waals surface area contributed by atoms with Crippen LogP contribution in [0.2, 0.25) is 0 Å². The first kappa shape index (κ1) is 11.5. The molecule has 0 amide bonds. The van der Waals surface area contributed by atoms with Crippen LogP contribution in [0.1, 0.15) is 12.5 Å². The van der Waals surface area contributed by atoms with Gasteiger partial charge in [-0.3, -0.25) is 4.68 Å². The van der Waals surface area contributed by atoms with Gasteiger partial charge in [0.1, 0.15) is 11.6 Å². The third-order valence-corrected chi connectivity index (χ3v) is 2.71. The third kappa shape index (κ3) is 2.11. The van der Waals surface area contributed by atoms with Gasteiger partial charge in [0, 0.05) is 18.2 Å². The zero-order valence-corrected chi connectivity index (χ0v) is 10.4. The van der Waals surface area contributed by atoms with Gasteiger partial charge in [-0.25, -0.2) is 0 Å². The number of anilines is 1. The highest BCUT2D eigenvalue weighted by atomic mass is 16.5. The van der Waals surface area contributed by atoms with Gasteiger partial charge in [0.05, 0.1) is 12.8 Å². The van der Waals surface area contributed by atoms with Gasteiger partial charge in [0.2, 0.25) is 0 Å². The van der Waals surface area contributed by atoms with Gasteiger partial charge in [-0.15, -0.1) is 0 Å². The number of aromatic nitrogens is 2. The van der Waals surface area contributed by atoms with Crippen molar-refractivity contribution >= 4 is 5.82 Å². The van der Waals surface area contributed by atoms with Gasteiger partial charge >= 0.3 is 0 Å². The van der Waals surface area contributed by atoms with Crippen molar-refractivity contribution in [2.75, 3.05) is 12.3 Å². The lowest BCUT2D eigenvalue weighted by Gasteiger charge is -2.10. The van der Waals surface area contributed by atoms with E-state index in [4.69, 9.17) is 10.5 Å². The van der Waals surface area contributed by atoms with Crippen LogP contribution in [0.25, 0.3) is 11.1 Å². The summed E-state index contributed by atoms with van der Waals surface area (Å²) >= 11 is 0. The molecule has 0 fully saturated rings. The molecule has 0 bridgehead atoms. The Labute approximate surface area is 101 Å². The minimum atomic E-state index is 0.635. The van der Waals surface area contributed by atoms with Crippen LogP contribution in [0.15, 0.2) is 24.4 Å². The number of nitrogen functional groups attached to an aromatic ring is 1. The van der Waals surface area contributed by atoms with E-state index < -0.39 is 0 Å². The number of benzene rings is 1. The Hall–Kier alpha value is -1.97. The summed E-state index contributed by atoms with van der Waals surface area (Å²) in [7, 11) is 1.83. The Bertz CT molecular complexity index is 531. The summed E-state index contributed by atoms with van der Waals surface area (Å²) in [6.07, 6.45) is 1.77. The maximum Gasteiger partial charge on any atom is 0.129 e. The molecule has 4 nitrogen and oxygen atoms in total. The van der Waals surface area contributed by atoms with Gasteiger partial charge < -0.3 is 10.5 Å². The molecular formula is C13H17N3O. The first-order chi connectivity index (χ1) is 8.13. The van der Waals surface area contributed by atoms with Gasteiger partial charge in [0.15, 0.2) is 0 Å². The fraction of sp³-hybridized carbons (Fsp3) is 0.308. The number of nitrogens with two attached hydrogens (primary N) is 1. The molecule has 1 heterocycles. The summed E-state index contributed by atoms with van der Waals surface area (Å²) in [5.74, 6) is 1.49. The first-order valence-electron chi connectivity index (χ1n) is 5.64. The van der Waals surface area contributed by atoms with E-state index in [1.165, 1.54) is 5.56 Å².